The monoisotopic (exact) mass is 285 g/mol. The van der Waals surface area contributed by atoms with Crippen molar-refractivity contribution in [1.82, 2.24) is 0 Å². The molecule has 0 amide bonds. The van der Waals surface area contributed by atoms with E-state index in [0.29, 0.717) is 11.5 Å². The van der Waals surface area contributed by atoms with Crippen molar-refractivity contribution in [2.45, 2.75) is 45.6 Å². The molecule has 0 spiro atoms. The highest BCUT2D eigenvalue weighted by Gasteiger charge is 2.28. The fourth-order valence-electron chi connectivity index (χ4n) is 3.30. The van der Waals surface area contributed by atoms with Gasteiger partial charge in [0.2, 0.25) is 0 Å². The number of anilines is 1. The maximum absolute atomic E-state index is 3.80. The van der Waals surface area contributed by atoms with Crippen LogP contribution in [0.4, 0.5) is 5.69 Å². The lowest BCUT2D eigenvalue weighted by Gasteiger charge is -2.36. The zero-order valence-electron chi connectivity index (χ0n) is 12.4. The van der Waals surface area contributed by atoms with Gasteiger partial charge in [0.15, 0.2) is 0 Å². The third-order valence-corrected chi connectivity index (χ3v) is 5.18. The Balaban J connectivity index is 1.81. The first-order valence-electron chi connectivity index (χ1n) is 7.53. The molecule has 3 rings (SSSR count). The van der Waals surface area contributed by atoms with Crippen LogP contribution >= 0.6 is 11.3 Å². The highest BCUT2D eigenvalue weighted by molar-refractivity contribution is 7.13. The van der Waals surface area contributed by atoms with Crippen LogP contribution < -0.4 is 5.32 Å². The summed E-state index contributed by atoms with van der Waals surface area (Å²) in [6.45, 7) is 4.79. The van der Waals surface area contributed by atoms with Gasteiger partial charge in [0.05, 0.1) is 0 Å². The SMILES string of the molecule is CC1(C)CCCC(Nc2ccccc2-c2cccs2)C1. The Bertz CT molecular complexity index is 557. The molecule has 2 heteroatoms. The number of hydrogen-bond acceptors (Lipinski definition) is 2. The first-order chi connectivity index (χ1) is 9.64. The van der Waals surface area contributed by atoms with Crippen LogP contribution in [0.15, 0.2) is 41.8 Å². The molecule has 106 valence electrons. The summed E-state index contributed by atoms with van der Waals surface area (Å²) in [6, 6.07) is 13.6. The van der Waals surface area contributed by atoms with Gasteiger partial charge in [0.1, 0.15) is 0 Å². The normalized spacial score (nSPS) is 21.6. The molecule has 1 atom stereocenters. The van der Waals surface area contributed by atoms with E-state index in [9.17, 15) is 0 Å². The lowest BCUT2D eigenvalue weighted by molar-refractivity contribution is 0.229. The van der Waals surface area contributed by atoms with Gasteiger partial charge in [-0.1, -0.05) is 44.5 Å². The summed E-state index contributed by atoms with van der Waals surface area (Å²) in [7, 11) is 0. The molecule has 0 bridgehead atoms. The molecule has 0 saturated heterocycles. The average Bonchev–Trinajstić information content (AvgIpc) is 2.92. The zero-order valence-corrected chi connectivity index (χ0v) is 13.2. The highest BCUT2D eigenvalue weighted by atomic mass is 32.1. The second-order valence-electron chi connectivity index (χ2n) is 6.62. The van der Waals surface area contributed by atoms with Gasteiger partial charge >= 0.3 is 0 Å². The van der Waals surface area contributed by atoms with Gasteiger partial charge in [-0.2, -0.15) is 0 Å². The molecule has 1 fully saturated rings. The summed E-state index contributed by atoms with van der Waals surface area (Å²) >= 11 is 1.81. The average molecular weight is 285 g/mol. The Kier molecular flexibility index (Phi) is 3.84. The molecular weight excluding hydrogens is 262 g/mol. The molecule has 0 aliphatic heterocycles. The topological polar surface area (TPSA) is 12.0 Å². The first-order valence-corrected chi connectivity index (χ1v) is 8.41. The fourth-order valence-corrected chi connectivity index (χ4v) is 4.06. The van der Waals surface area contributed by atoms with Crippen molar-refractivity contribution < 1.29 is 0 Å². The van der Waals surface area contributed by atoms with E-state index >= 15 is 0 Å². The van der Waals surface area contributed by atoms with Crippen molar-refractivity contribution in [2.75, 3.05) is 5.32 Å². The minimum Gasteiger partial charge on any atom is -0.382 e. The Morgan fingerprint density at radius 3 is 2.75 bits per heavy atom. The predicted molar refractivity (Wildman–Crippen MR) is 89.4 cm³/mol. The number of para-hydroxylation sites is 1. The van der Waals surface area contributed by atoms with E-state index in [1.54, 1.807) is 0 Å². The van der Waals surface area contributed by atoms with E-state index in [4.69, 9.17) is 0 Å². The second-order valence-corrected chi connectivity index (χ2v) is 7.57. The molecule has 1 aromatic carbocycles. The number of hydrogen-bond donors (Lipinski definition) is 1. The molecular formula is C18H23NS. The van der Waals surface area contributed by atoms with E-state index in [1.165, 1.54) is 41.8 Å². The minimum absolute atomic E-state index is 0.480. The molecule has 1 heterocycles. The van der Waals surface area contributed by atoms with Crippen molar-refractivity contribution in [1.29, 1.82) is 0 Å². The number of rotatable bonds is 3. The molecule has 20 heavy (non-hydrogen) atoms. The van der Waals surface area contributed by atoms with Gasteiger partial charge in [0.25, 0.3) is 0 Å². The lowest BCUT2D eigenvalue weighted by Crippen LogP contribution is -2.31. The van der Waals surface area contributed by atoms with Crippen LogP contribution in [-0.4, -0.2) is 6.04 Å². The van der Waals surface area contributed by atoms with Gasteiger partial charge in [-0.3, -0.25) is 0 Å². The standard InChI is InChI=1S/C18H23NS/c1-18(2)11-5-7-14(13-18)19-16-9-4-3-8-15(16)17-10-6-12-20-17/h3-4,6,8-10,12,14,19H,5,7,11,13H2,1-2H3. The van der Waals surface area contributed by atoms with Gasteiger partial charge in [-0.25, -0.2) is 0 Å². The van der Waals surface area contributed by atoms with E-state index in [1.807, 2.05) is 11.3 Å². The molecule has 1 aliphatic carbocycles. The number of benzene rings is 1. The van der Waals surface area contributed by atoms with Crippen molar-refractivity contribution in [2.24, 2.45) is 5.41 Å². The highest BCUT2D eigenvalue weighted by Crippen LogP contribution is 2.38. The Morgan fingerprint density at radius 2 is 2.00 bits per heavy atom. The van der Waals surface area contributed by atoms with Gasteiger partial charge in [0, 0.05) is 22.2 Å². The molecule has 1 nitrogen and oxygen atoms in total. The summed E-state index contributed by atoms with van der Waals surface area (Å²) < 4.78 is 0. The van der Waals surface area contributed by atoms with Crippen LogP contribution in [0.2, 0.25) is 0 Å². The first kappa shape index (κ1) is 13.7. The van der Waals surface area contributed by atoms with Crippen molar-refractivity contribution in [3.63, 3.8) is 0 Å². The van der Waals surface area contributed by atoms with Gasteiger partial charge in [-0.05, 0) is 42.2 Å². The van der Waals surface area contributed by atoms with Gasteiger partial charge in [-0.15, -0.1) is 11.3 Å². The van der Waals surface area contributed by atoms with Crippen molar-refractivity contribution >= 4 is 17.0 Å². The molecule has 0 radical (unpaired) electrons. The van der Waals surface area contributed by atoms with E-state index in [-0.39, 0.29) is 0 Å². The predicted octanol–water partition coefficient (Wildman–Crippen LogP) is 5.80. The third-order valence-electron chi connectivity index (χ3n) is 4.28. The van der Waals surface area contributed by atoms with E-state index in [0.717, 1.165) is 0 Å². The Hall–Kier alpha value is -1.28. The Labute approximate surface area is 126 Å². The molecule has 1 aromatic heterocycles. The zero-order chi connectivity index (χ0) is 14.0. The van der Waals surface area contributed by atoms with Crippen LogP contribution in [-0.2, 0) is 0 Å². The molecule has 1 saturated carbocycles. The fraction of sp³-hybridized carbons (Fsp3) is 0.444. The van der Waals surface area contributed by atoms with Crippen LogP contribution in [0.1, 0.15) is 39.5 Å². The quantitative estimate of drug-likeness (QED) is 0.752. The molecule has 1 unspecified atom stereocenters. The van der Waals surface area contributed by atoms with E-state index < -0.39 is 0 Å². The molecule has 1 N–H and O–H groups in total. The minimum atomic E-state index is 0.480. The van der Waals surface area contributed by atoms with Gasteiger partial charge < -0.3 is 5.32 Å². The van der Waals surface area contributed by atoms with E-state index in [2.05, 4.69) is 60.9 Å². The number of thiophene rings is 1. The van der Waals surface area contributed by atoms with Crippen LogP contribution in [0, 0.1) is 5.41 Å². The molecule has 1 aliphatic rings. The lowest BCUT2D eigenvalue weighted by atomic mass is 9.75. The maximum atomic E-state index is 3.80. The van der Waals surface area contributed by atoms with Crippen LogP contribution in [0.25, 0.3) is 10.4 Å². The maximum Gasteiger partial charge on any atom is 0.0430 e. The Morgan fingerprint density at radius 1 is 1.15 bits per heavy atom. The smallest absolute Gasteiger partial charge is 0.0430 e. The largest absolute Gasteiger partial charge is 0.382 e. The summed E-state index contributed by atoms with van der Waals surface area (Å²) in [5.74, 6) is 0. The summed E-state index contributed by atoms with van der Waals surface area (Å²) in [6.07, 6.45) is 5.26. The second kappa shape index (κ2) is 5.61. The van der Waals surface area contributed by atoms with Crippen LogP contribution in [0.3, 0.4) is 0 Å². The van der Waals surface area contributed by atoms with Crippen molar-refractivity contribution in [3.8, 4) is 10.4 Å². The number of nitrogens with one attached hydrogen (secondary N) is 1. The third kappa shape index (κ3) is 3.06. The summed E-state index contributed by atoms with van der Waals surface area (Å²) in [5, 5.41) is 5.95. The molecule has 2 aromatic rings. The van der Waals surface area contributed by atoms with Crippen LogP contribution in [0.5, 0.6) is 0 Å². The van der Waals surface area contributed by atoms with Crippen molar-refractivity contribution in [3.05, 3.63) is 41.8 Å². The summed E-state index contributed by atoms with van der Waals surface area (Å²) in [5.41, 5.74) is 3.11. The summed E-state index contributed by atoms with van der Waals surface area (Å²) in [4.78, 5) is 1.35.